The Hall–Kier alpha value is -3.33. The van der Waals surface area contributed by atoms with Crippen LogP contribution in [-0.2, 0) is 17.8 Å². The highest BCUT2D eigenvalue weighted by Crippen LogP contribution is 2.38. The highest BCUT2D eigenvalue weighted by molar-refractivity contribution is 5.82. The lowest BCUT2D eigenvalue weighted by molar-refractivity contribution is -0.384. The second-order valence-electron chi connectivity index (χ2n) is 8.31. The van der Waals surface area contributed by atoms with Crippen LogP contribution in [0.3, 0.4) is 0 Å². The summed E-state index contributed by atoms with van der Waals surface area (Å²) in [5.41, 5.74) is 2.86. The number of hydrogen-bond acceptors (Lipinski definition) is 7. The van der Waals surface area contributed by atoms with Crippen LogP contribution in [-0.4, -0.2) is 55.2 Å². The lowest BCUT2D eigenvalue weighted by atomic mass is 9.83. The van der Waals surface area contributed by atoms with E-state index >= 15 is 0 Å². The van der Waals surface area contributed by atoms with Crippen molar-refractivity contribution in [3.63, 3.8) is 0 Å². The van der Waals surface area contributed by atoms with Gasteiger partial charge in [-0.05, 0) is 42.8 Å². The standard InChI is InChI=1S/C22H24N4O5/c1-24-6-7-25-18-4-3-16(26(28)29)9-15(18)10-17(19(25)12-24)22(27)23-11-14-2-5-20-21(8-14)31-13-30-20/h2-5,8-9,17,19H,6-7,10-13H2,1H3,(H,23,27). The van der Waals surface area contributed by atoms with Crippen LogP contribution in [0.5, 0.6) is 11.5 Å². The molecule has 3 aliphatic rings. The van der Waals surface area contributed by atoms with E-state index in [1.54, 1.807) is 12.1 Å². The van der Waals surface area contributed by atoms with Crippen molar-refractivity contribution in [2.75, 3.05) is 38.4 Å². The number of carbonyl (C=O) groups is 1. The first-order valence-electron chi connectivity index (χ1n) is 10.4. The fourth-order valence-electron chi connectivity index (χ4n) is 4.74. The molecule has 0 aromatic heterocycles. The van der Waals surface area contributed by atoms with E-state index in [1.165, 1.54) is 0 Å². The highest BCUT2D eigenvalue weighted by Gasteiger charge is 2.41. The Kier molecular flexibility index (Phi) is 4.90. The predicted octanol–water partition coefficient (Wildman–Crippen LogP) is 1.93. The summed E-state index contributed by atoms with van der Waals surface area (Å²) >= 11 is 0. The largest absolute Gasteiger partial charge is 0.454 e. The van der Waals surface area contributed by atoms with Crippen LogP contribution in [0.15, 0.2) is 36.4 Å². The van der Waals surface area contributed by atoms with Crippen molar-refractivity contribution in [3.8, 4) is 11.5 Å². The molecule has 9 nitrogen and oxygen atoms in total. The molecule has 2 unspecified atom stereocenters. The Morgan fingerprint density at radius 3 is 2.87 bits per heavy atom. The van der Waals surface area contributed by atoms with E-state index in [1.807, 2.05) is 24.3 Å². The number of hydrogen-bond donors (Lipinski definition) is 1. The maximum atomic E-state index is 13.2. The molecule has 0 saturated carbocycles. The molecule has 31 heavy (non-hydrogen) atoms. The molecule has 1 fully saturated rings. The Labute approximate surface area is 179 Å². The van der Waals surface area contributed by atoms with Gasteiger partial charge in [-0.25, -0.2) is 0 Å². The van der Waals surface area contributed by atoms with Gasteiger partial charge < -0.3 is 24.6 Å². The normalized spacial score (nSPS) is 21.9. The second kappa shape index (κ2) is 7.73. The number of benzene rings is 2. The molecular formula is C22H24N4O5. The number of ether oxygens (including phenoxy) is 2. The molecule has 2 aromatic rings. The van der Waals surface area contributed by atoms with E-state index in [0.29, 0.717) is 24.5 Å². The molecule has 0 bridgehead atoms. The van der Waals surface area contributed by atoms with E-state index in [2.05, 4.69) is 22.2 Å². The van der Waals surface area contributed by atoms with E-state index in [0.717, 1.165) is 36.4 Å². The summed E-state index contributed by atoms with van der Waals surface area (Å²) in [5, 5.41) is 14.3. The summed E-state index contributed by atoms with van der Waals surface area (Å²) in [6, 6.07) is 10.7. The fraction of sp³-hybridized carbons (Fsp3) is 0.409. The number of non-ortho nitro benzene ring substituents is 1. The molecule has 0 spiro atoms. The number of anilines is 1. The van der Waals surface area contributed by atoms with Gasteiger partial charge in [-0.15, -0.1) is 0 Å². The summed E-state index contributed by atoms with van der Waals surface area (Å²) in [6.07, 6.45) is 0.485. The number of rotatable bonds is 4. The van der Waals surface area contributed by atoms with Crippen LogP contribution < -0.4 is 19.7 Å². The molecule has 9 heteroatoms. The van der Waals surface area contributed by atoms with E-state index < -0.39 is 0 Å². The Morgan fingerprint density at radius 1 is 1.19 bits per heavy atom. The zero-order valence-electron chi connectivity index (χ0n) is 17.2. The van der Waals surface area contributed by atoms with Gasteiger partial charge in [-0.1, -0.05) is 6.07 Å². The summed E-state index contributed by atoms with van der Waals surface area (Å²) in [6.45, 7) is 3.05. The Bertz CT molecular complexity index is 1040. The molecule has 1 saturated heterocycles. The van der Waals surface area contributed by atoms with Gasteiger partial charge in [0.2, 0.25) is 12.7 Å². The average Bonchev–Trinajstić information content (AvgIpc) is 3.24. The summed E-state index contributed by atoms with van der Waals surface area (Å²) in [7, 11) is 2.06. The number of nitro groups is 1. The lowest BCUT2D eigenvalue weighted by Gasteiger charge is -2.48. The van der Waals surface area contributed by atoms with Crippen molar-refractivity contribution >= 4 is 17.3 Å². The summed E-state index contributed by atoms with van der Waals surface area (Å²) in [5.74, 6) is 1.07. The number of fused-ring (bicyclic) bond motifs is 4. The first-order valence-corrected chi connectivity index (χ1v) is 10.4. The van der Waals surface area contributed by atoms with E-state index in [-0.39, 0.29) is 35.3 Å². The van der Waals surface area contributed by atoms with Crippen molar-refractivity contribution in [3.05, 3.63) is 57.6 Å². The third-order valence-corrected chi connectivity index (χ3v) is 6.35. The highest BCUT2D eigenvalue weighted by atomic mass is 16.7. The summed E-state index contributed by atoms with van der Waals surface area (Å²) in [4.78, 5) is 28.6. The van der Waals surface area contributed by atoms with Crippen LogP contribution in [0.2, 0.25) is 0 Å². The smallest absolute Gasteiger partial charge is 0.269 e. The van der Waals surface area contributed by atoms with Gasteiger partial charge in [-0.2, -0.15) is 0 Å². The van der Waals surface area contributed by atoms with E-state index in [4.69, 9.17) is 9.47 Å². The van der Waals surface area contributed by atoms with Gasteiger partial charge in [-0.3, -0.25) is 14.9 Å². The first-order chi connectivity index (χ1) is 15.0. The topological polar surface area (TPSA) is 97.2 Å². The third-order valence-electron chi connectivity index (χ3n) is 6.35. The zero-order valence-corrected chi connectivity index (χ0v) is 17.2. The molecule has 5 rings (SSSR count). The molecule has 3 heterocycles. The predicted molar refractivity (Wildman–Crippen MR) is 113 cm³/mol. The minimum Gasteiger partial charge on any atom is -0.454 e. The molecule has 2 atom stereocenters. The number of likely N-dealkylation sites (N-methyl/N-ethyl adjacent to an activating group) is 1. The van der Waals surface area contributed by atoms with Gasteiger partial charge in [0.15, 0.2) is 11.5 Å². The van der Waals surface area contributed by atoms with Gasteiger partial charge in [0.25, 0.3) is 5.69 Å². The van der Waals surface area contributed by atoms with E-state index in [9.17, 15) is 14.9 Å². The fourth-order valence-corrected chi connectivity index (χ4v) is 4.74. The van der Waals surface area contributed by atoms with Gasteiger partial charge >= 0.3 is 0 Å². The van der Waals surface area contributed by atoms with Crippen LogP contribution in [0, 0.1) is 16.0 Å². The zero-order chi connectivity index (χ0) is 21.5. The molecule has 2 aromatic carbocycles. The van der Waals surface area contributed by atoms with Crippen molar-refractivity contribution in [1.82, 2.24) is 10.2 Å². The quantitative estimate of drug-likeness (QED) is 0.592. The number of piperazine rings is 1. The Balaban J connectivity index is 1.37. The minimum absolute atomic E-state index is 0.0319. The number of carbonyl (C=O) groups excluding carboxylic acids is 1. The second-order valence-corrected chi connectivity index (χ2v) is 8.31. The van der Waals surface area contributed by atoms with Gasteiger partial charge in [0, 0.05) is 44.0 Å². The van der Waals surface area contributed by atoms with Crippen molar-refractivity contribution in [2.24, 2.45) is 5.92 Å². The maximum absolute atomic E-state index is 13.2. The third kappa shape index (κ3) is 3.65. The Morgan fingerprint density at radius 2 is 2.03 bits per heavy atom. The van der Waals surface area contributed by atoms with Gasteiger partial charge in [0.05, 0.1) is 16.9 Å². The molecular weight excluding hydrogens is 400 g/mol. The van der Waals surface area contributed by atoms with Crippen LogP contribution in [0.4, 0.5) is 11.4 Å². The number of nitrogens with zero attached hydrogens (tertiary/aromatic N) is 3. The van der Waals surface area contributed by atoms with Crippen LogP contribution in [0.25, 0.3) is 0 Å². The van der Waals surface area contributed by atoms with Crippen LogP contribution in [0.1, 0.15) is 11.1 Å². The number of nitrogens with one attached hydrogen (secondary N) is 1. The maximum Gasteiger partial charge on any atom is 0.269 e. The van der Waals surface area contributed by atoms with Crippen molar-refractivity contribution < 1.29 is 19.2 Å². The first kappa shape index (κ1) is 19.6. The monoisotopic (exact) mass is 424 g/mol. The van der Waals surface area contributed by atoms with Gasteiger partial charge in [0.1, 0.15) is 0 Å². The SMILES string of the molecule is CN1CCN2c3ccc([N+](=O)[O-])cc3CC(C(=O)NCc3ccc4c(c3)OCO4)C2C1. The molecule has 3 aliphatic heterocycles. The summed E-state index contributed by atoms with van der Waals surface area (Å²) < 4.78 is 10.7. The van der Waals surface area contributed by atoms with Crippen LogP contribution >= 0.6 is 0 Å². The lowest BCUT2D eigenvalue weighted by Crippen LogP contribution is -2.60. The molecule has 162 valence electrons. The van der Waals surface area contributed by atoms with Crippen molar-refractivity contribution in [2.45, 2.75) is 19.0 Å². The molecule has 0 aliphatic carbocycles. The number of nitro benzene ring substituents is 1. The molecule has 0 radical (unpaired) electrons. The molecule has 1 N–H and O–H groups in total. The minimum atomic E-state index is -0.384. The molecule has 1 amide bonds. The number of amides is 1. The average molecular weight is 424 g/mol. The van der Waals surface area contributed by atoms with Crippen molar-refractivity contribution in [1.29, 1.82) is 0 Å².